The standard InChI is InChI=1S/C28H27F3N2O4/c29-28(30,31)22-12-5-14-24(19-22)33-27(36)21-11-4-13-23(18-21)32-25(34)15-6-16-26(35)37-17-7-10-20-8-2-1-3-9-20/h1-5,8-9,11-14,18-19H,6-7,10,15-17H2,(H,32,34)(H,33,36). The van der Waals surface area contributed by atoms with Crippen LogP contribution in [-0.4, -0.2) is 24.4 Å². The van der Waals surface area contributed by atoms with Crippen molar-refractivity contribution in [2.45, 2.75) is 38.3 Å². The van der Waals surface area contributed by atoms with E-state index in [4.69, 9.17) is 4.74 Å². The maximum absolute atomic E-state index is 12.9. The molecule has 3 aromatic rings. The molecule has 0 heterocycles. The summed E-state index contributed by atoms with van der Waals surface area (Å²) in [4.78, 5) is 36.6. The van der Waals surface area contributed by atoms with Gasteiger partial charge in [-0.3, -0.25) is 14.4 Å². The molecular weight excluding hydrogens is 485 g/mol. The Kier molecular flexibility index (Phi) is 9.83. The number of hydrogen-bond acceptors (Lipinski definition) is 4. The predicted molar refractivity (Wildman–Crippen MR) is 134 cm³/mol. The number of hydrogen-bond donors (Lipinski definition) is 2. The fourth-order valence-corrected chi connectivity index (χ4v) is 3.51. The Hall–Kier alpha value is -4.14. The SMILES string of the molecule is O=C(CCCC(=O)OCCCc1ccccc1)Nc1cccc(C(=O)Nc2cccc(C(F)(F)F)c2)c1. The van der Waals surface area contributed by atoms with Gasteiger partial charge in [-0.25, -0.2) is 0 Å². The van der Waals surface area contributed by atoms with Gasteiger partial charge in [0.2, 0.25) is 5.91 Å². The summed E-state index contributed by atoms with van der Waals surface area (Å²) < 4.78 is 43.9. The lowest BCUT2D eigenvalue weighted by Crippen LogP contribution is -2.15. The van der Waals surface area contributed by atoms with E-state index in [0.717, 1.165) is 18.6 Å². The lowest BCUT2D eigenvalue weighted by molar-refractivity contribution is -0.144. The van der Waals surface area contributed by atoms with Crippen LogP contribution in [0.3, 0.4) is 0 Å². The van der Waals surface area contributed by atoms with Crippen LogP contribution < -0.4 is 10.6 Å². The van der Waals surface area contributed by atoms with E-state index in [0.29, 0.717) is 25.1 Å². The molecule has 6 nitrogen and oxygen atoms in total. The van der Waals surface area contributed by atoms with E-state index in [9.17, 15) is 27.6 Å². The number of aryl methyl sites for hydroxylation is 1. The number of benzene rings is 3. The average Bonchev–Trinajstić information content (AvgIpc) is 2.87. The first-order valence-corrected chi connectivity index (χ1v) is 11.8. The number of amides is 2. The van der Waals surface area contributed by atoms with E-state index in [1.54, 1.807) is 12.1 Å². The minimum absolute atomic E-state index is 0.00113. The van der Waals surface area contributed by atoms with Crippen molar-refractivity contribution in [1.29, 1.82) is 0 Å². The number of nitrogens with one attached hydrogen (secondary N) is 2. The van der Waals surface area contributed by atoms with E-state index in [2.05, 4.69) is 10.6 Å². The van der Waals surface area contributed by atoms with Gasteiger partial charge in [-0.2, -0.15) is 13.2 Å². The van der Waals surface area contributed by atoms with Crippen molar-refractivity contribution < 1.29 is 32.3 Å². The van der Waals surface area contributed by atoms with E-state index in [1.807, 2.05) is 30.3 Å². The third-order valence-corrected chi connectivity index (χ3v) is 5.36. The zero-order valence-electron chi connectivity index (χ0n) is 20.0. The van der Waals surface area contributed by atoms with Crippen LogP contribution in [0.2, 0.25) is 0 Å². The first-order valence-electron chi connectivity index (χ1n) is 11.8. The van der Waals surface area contributed by atoms with Gasteiger partial charge in [0.1, 0.15) is 0 Å². The van der Waals surface area contributed by atoms with E-state index in [1.165, 1.54) is 29.8 Å². The van der Waals surface area contributed by atoms with Crippen molar-refractivity contribution in [3.63, 3.8) is 0 Å². The Morgan fingerprint density at radius 1 is 0.757 bits per heavy atom. The van der Waals surface area contributed by atoms with E-state index in [-0.39, 0.29) is 36.0 Å². The predicted octanol–water partition coefficient (Wildman–Crippen LogP) is 6.24. The van der Waals surface area contributed by atoms with Crippen LogP contribution in [0.5, 0.6) is 0 Å². The molecule has 0 saturated heterocycles. The maximum Gasteiger partial charge on any atom is 0.416 e. The van der Waals surface area contributed by atoms with Crippen molar-refractivity contribution in [1.82, 2.24) is 0 Å². The topological polar surface area (TPSA) is 84.5 Å². The summed E-state index contributed by atoms with van der Waals surface area (Å²) in [5.41, 5.74) is 0.815. The van der Waals surface area contributed by atoms with Crippen molar-refractivity contribution in [3.8, 4) is 0 Å². The summed E-state index contributed by atoms with van der Waals surface area (Å²) in [7, 11) is 0. The highest BCUT2D eigenvalue weighted by Gasteiger charge is 2.30. The average molecular weight is 513 g/mol. The van der Waals surface area contributed by atoms with Crippen molar-refractivity contribution >= 4 is 29.2 Å². The smallest absolute Gasteiger partial charge is 0.416 e. The van der Waals surface area contributed by atoms with Gasteiger partial charge >= 0.3 is 12.1 Å². The van der Waals surface area contributed by atoms with Gasteiger partial charge in [0, 0.05) is 29.8 Å². The molecule has 0 atom stereocenters. The molecule has 0 unspecified atom stereocenters. The summed E-state index contributed by atoms with van der Waals surface area (Å²) in [6.45, 7) is 0.315. The third kappa shape index (κ3) is 9.44. The molecule has 0 fully saturated rings. The number of halogens is 3. The highest BCUT2D eigenvalue weighted by Crippen LogP contribution is 2.30. The summed E-state index contributed by atoms with van der Waals surface area (Å²) in [6, 6.07) is 20.2. The number of alkyl halides is 3. The van der Waals surface area contributed by atoms with Crippen LogP contribution in [-0.2, 0) is 26.9 Å². The Morgan fingerprint density at radius 3 is 2.19 bits per heavy atom. The molecule has 2 N–H and O–H groups in total. The monoisotopic (exact) mass is 512 g/mol. The van der Waals surface area contributed by atoms with E-state index < -0.39 is 17.6 Å². The van der Waals surface area contributed by atoms with Crippen LogP contribution >= 0.6 is 0 Å². The molecule has 2 amide bonds. The maximum atomic E-state index is 12.9. The summed E-state index contributed by atoms with van der Waals surface area (Å²) >= 11 is 0. The minimum Gasteiger partial charge on any atom is -0.466 e. The Labute approximate surface area is 212 Å². The zero-order valence-corrected chi connectivity index (χ0v) is 20.0. The minimum atomic E-state index is -4.52. The number of carbonyl (C=O) groups excluding carboxylic acids is 3. The fraction of sp³-hybridized carbons (Fsp3) is 0.250. The lowest BCUT2D eigenvalue weighted by atomic mass is 10.1. The molecule has 0 aromatic heterocycles. The van der Waals surface area contributed by atoms with Gasteiger partial charge in [-0.15, -0.1) is 0 Å². The second kappa shape index (κ2) is 13.2. The normalized spacial score (nSPS) is 11.0. The van der Waals surface area contributed by atoms with Crippen molar-refractivity contribution in [2.24, 2.45) is 0 Å². The van der Waals surface area contributed by atoms with Gasteiger partial charge in [-0.05, 0) is 61.2 Å². The number of rotatable bonds is 11. The van der Waals surface area contributed by atoms with Gasteiger partial charge in [0.25, 0.3) is 5.91 Å². The Bertz CT molecular complexity index is 1210. The van der Waals surface area contributed by atoms with E-state index >= 15 is 0 Å². The molecule has 0 spiro atoms. The molecule has 0 saturated carbocycles. The molecule has 0 aliphatic carbocycles. The highest BCUT2D eigenvalue weighted by atomic mass is 19.4. The van der Waals surface area contributed by atoms with Crippen LogP contribution in [0, 0.1) is 0 Å². The number of esters is 1. The van der Waals surface area contributed by atoms with Crippen LogP contribution in [0.15, 0.2) is 78.9 Å². The molecule has 3 aromatic carbocycles. The van der Waals surface area contributed by atoms with Gasteiger partial charge < -0.3 is 15.4 Å². The van der Waals surface area contributed by atoms with Crippen LogP contribution in [0.4, 0.5) is 24.5 Å². The second-order valence-electron chi connectivity index (χ2n) is 8.32. The van der Waals surface area contributed by atoms with Gasteiger partial charge in [0.05, 0.1) is 12.2 Å². The van der Waals surface area contributed by atoms with Crippen molar-refractivity contribution in [3.05, 3.63) is 95.6 Å². The number of anilines is 2. The number of ether oxygens (including phenoxy) is 1. The fourth-order valence-electron chi connectivity index (χ4n) is 3.51. The quantitative estimate of drug-likeness (QED) is 0.235. The van der Waals surface area contributed by atoms with Crippen LogP contribution in [0.25, 0.3) is 0 Å². The summed E-state index contributed by atoms with van der Waals surface area (Å²) in [5, 5.41) is 5.08. The number of carbonyl (C=O) groups is 3. The molecule has 0 bridgehead atoms. The lowest BCUT2D eigenvalue weighted by Gasteiger charge is -2.11. The first kappa shape index (κ1) is 27.4. The van der Waals surface area contributed by atoms with Crippen LogP contribution in [0.1, 0.15) is 47.2 Å². The second-order valence-corrected chi connectivity index (χ2v) is 8.32. The van der Waals surface area contributed by atoms with Gasteiger partial charge in [-0.1, -0.05) is 42.5 Å². The summed E-state index contributed by atoms with van der Waals surface area (Å²) in [6.07, 6.45) is -2.50. The molecule has 0 radical (unpaired) electrons. The largest absolute Gasteiger partial charge is 0.466 e. The third-order valence-electron chi connectivity index (χ3n) is 5.36. The molecule has 194 valence electrons. The molecule has 9 heteroatoms. The Morgan fingerprint density at radius 2 is 1.46 bits per heavy atom. The molecule has 0 aliphatic heterocycles. The highest BCUT2D eigenvalue weighted by molar-refractivity contribution is 6.05. The molecule has 37 heavy (non-hydrogen) atoms. The van der Waals surface area contributed by atoms with Crippen molar-refractivity contribution in [2.75, 3.05) is 17.2 Å². The molecule has 0 aliphatic rings. The Balaban J connectivity index is 1.40. The molecular formula is C28H27F3N2O4. The van der Waals surface area contributed by atoms with Gasteiger partial charge in [0.15, 0.2) is 0 Å². The summed E-state index contributed by atoms with van der Waals surface area (Å²) in [5.74, 6) is -1.33. The zero-order chi connectivity index (χ0) is 26.7. The molecule has 3 rings (SSSR count). The first-order chi connectivity index (χ1) is 17.7.